The van der Waals surface area contributed by atoms with Gasteiger partial charge in [-0.3, -0.25) is 4.98 Å². The van der Waals surface area contributed by atoms with Crippen LogP contribution in [-0.4, -0.2) is 12.1 Å². The van der Waals surface area contributed by atoms with Crippen molar-refractivity contribution in [1.29, 1.82) is 0 Å². The number of ether oxygens (including phenoxy) is 1. The molecule has 0 fully saturated rings. The largest absolute Gasteiger partial charge is 0.495 e. The molecule has 0 spiro atoms. The molecule has 1 aliphatic heterocycles. The molecule has 22 heavy (non-hydrogen) atoms. The Labute approximate surface area is 135 Å². The molecule has 1 aromatic carbocycles. The van der Waals surface area contributed by atoms with Gasteiger partial charge in [0.15, 0.2) is 0 Å². The fourth-order valence-corrected chi connectivity index (χ4v) is 3.99. The molecule has 3 nitrogen and oxygen atoms in total. The van der Waals surface area contributed by atoms with Crippen molar-refractivity contribution in [1.82, 2.24) is 4.98 Å². The second-order valence-corrected chi connectivity index (χ2v) is 6.20. The molecule has 1 N–H and O–H groups in total. The minimum absolute atomic E-state index is 0.239. The number of hydrogen-bond acceptors (Lipinski definition) is 3. The lowest BCUT2D eigenvalue weighted by atomic mass is 9.77. The molecule has 0 saturated heterocycles. The maximum absolute atomic E-state index is 6.49. The zero-order valence-electron chi connectivity index (χ0n) is 12.3. The molecule has 0 unspecified atom stereocenters. The number of nitrogens with zero attached hydrogens (tertiary/aromatic N) is 1. The lowest BCUT2D eigenvalue weighted by Gasteiger charge is -2.38. The maximum atomic E-state index is 6.49. The van der Waals surface area contributed by atoms with E-state index >= 15 is 0 Å². The molecule has 112 valence electrons. The van der Waals surface area contributed by atoms with Crippen LogP contribution in [0.25, 0.3) is 0 Å². The van der Waals surface area contributed by atoms with Gasteiger partial charge in [-0.05, 0) is 42.2 Å². The standard InChI is InChI=1S/C18H17ClN2O/c1-22-15-6-5-14(19)16-12-3-2-4-13(12)17(21-18(15)16)11-7-9-20-10-8-11/h2-3,5-10,12-13,17,21H,4H2,1H3/t12-,13+,17-/m1/s1. The van der Waals surface area contributed by atoms with Crippen LogP contribution in [0.4, 0.5) is 5.69 Å². The van der Waals surface area contributed by atoms with Crippen LogP contribution in [0.15, 0.2) is 48.8 Å². The van der Waals surface area contributed by atoms with Gasteiger partial charge in [-0.15, -0.1) is 0 Å². The Morgan fingerprint density at radius 1 is 1.23 bits per heavy atom. The van der Waals surface area contributed by atoms with Crippen LogP contribution in [0.1, 0.15) is 29.5 Å². The minimum Gasteiger partial charge on any atom is -0.495 e. The SMILES string of the molecule is COc1ccc(Cl)c2c1N[C@H](c1ccncc1)[C@H]1CC=C[C@@H]21. The van der Waals surface area contributed by atoms with Crippen molar-refractivity contribution < 1.29 is 4.74 Å². The van der Waals surface area contributed by atoms with E-state index in [1.54, 1.807) is 7.11 Å². The van der Waals surface area contributed by atoms with E-state index in [-0.39, 0.29) is 6.04 Å². The number of fused-ring (bicyclic) bond motifs is 3. The average Bonchev–Trinajstić information content (AvgIpc) is 3.04. The number of anilines is 1. The van der Waals surface area contributed by atoms with Crippen LogP contribution in [0.2, 0.25) is 5.02 Å². The first-order valence-corrected chi connectivity index (χ1v) is 7.87. The number of aromatic nitrogens is 1. The van der Waals surface area contributed by atoms with Crippen molar-refractivity contribution in [2.45, 2.75) is 18.4 Å². The van der Waals surface area contributed by atoms with Crippen molar-refractivity contribution in [3.8, 4) is 5.75 Å². The fourth-order valence-electron chi connectivity index (χ4n) is 3.71. The molecule has 3 atom stereocenters. The number of allylic oxidation sites excluding steroid dienone is 2. The lowest BCUT2D eigenvalue weighted by Crippen LogP contribution is -2.29. The molecule has 0 saturated carbocycles. The molecule has 1 aliphatic carbocycles. The summed E-state index contributed by atoms with van der Waals surface area (Å²) in [5.41, 5.74) is 3.43. The van der Waals surface area contributed by atoms with Crippen LogP contribution < -0.4 is 10.1 Å². The van der Waals surface area contributed by atoms with Crippen molar-refractivity contribution in [2.24, 2.45) is 5.92 Å². The zero-order valence-corrected chi connectivity index (χ0v) is 13.0. The highest BCUT2D eigenvalue weighted by Gasteiger charge is 2.40. The molecule has 0 bridgehead atoms. The van der Waals surface area contributed by atoms with Crippen molar-refractivity contribution in [3.05, 3.63) is 65.0 Å². The van der Waals surface area contributed by atoms with Crippen molar-refractivity contribution in [3.63, 3.8) is 0 Å². The average molecular weight is 313 g/mol. The molecule has 2 aromatic rings. The molecule has 0 amide bonds. The first-order valence-electron chi connectivity index (χ1n) is 7.49. The second kappa shape index (κ2) is 5.33. The Hall–Kier alpha value is -2.00. The predicted molar refractivity (Wildman–Crippen MR) is 88.6 cm³/mol. The summed E-state index contributed by atoms with van der Waals surface area (Å²) in [5.74, 6) is 1.65. The molecule has 2 heterocycles. The summed E-state index contributed by atoms with van der Waals surface area (Å²) < 4.78 is 5.54. The zero-order chi connectivity index (χ0) is 15.1. The Morgan fingerprint density at radius 2 is 2.05 bits per heavy atom. The smallest absolute Gasteiger partial charge is 0.142 e. The molecule has 2 aliphatic rings. The van der Waals surface area contributed by atoms with Gasteiger partial charge in [0, 0.05) is 28.9 Å². The van der Waals surface area contributed by atoms with Gasteiger partial charge in [0.1, 0.15) is 5.75 Å². The molecular weight excluding hydrogens is 296 g/mol. The monoisotopic (exact) mass is 312 g/mol. The molecular formula is C18H17ClN2O. The molecule has 1 aromatic heterocycles. The Kier molecular flexibility index (Phi) is 3.30. The van der Waals surface area contributed by atoms with Gasteiger partial charge in [-0.25, -0.2) is 0 Å². The number of nitrogens with one attached hydrogen (secondary N) is 1. The Morgan fingerprint density at radius 3 is 2.82 bits per heavy atom. The molecule has 0 radical (unpaired) electrons. The topological polar surface area (TPSA) is 34.1 Å². The van der Waals surface area contributed by atoms with Gasteiger partial charge in [-0.2, -0.15) is 0 Å². The summed E-state index contributed by atoms with van der Waals surface area (Å²) in [6.07, 6.45) is 9.29. The van der Waals surface area contributed by atoms with Gasteiger partial charge < -0.3 is 10.1 Å². The normalized spacial score (nSPS) is 25.3. The highest BCUT2D eigenvalue weighted by Crippen LogP contribution is 2.54. The van der Waals surface area contributed by atoms with Gasteiger partial charge in [0.25, 0.3) is 0 Å². The Bertz CT molecular complexity index is 729. The number of methoxy groups -OCH3 is 1. The maximum Gasteiger partial charge on any atom is 0.142 e. The fraction of sp³-hybridized carbons (Fsp3) is 0.278. The number of rotatable bonds is 2. The summed E-state index contributed by atoms with van der Waals surface area (Å²) in [5, 5.41) is 4.47. The predicted octanol–water partition coefficient (Wildman–Crippen LogP) is 4.57. The summed E-state index contributed by atoms with van der Waals surface area (Å²) >= 11 is 6.49. The molecule has 4 rings (SSSR count). The summed E-state index contributed by atoms with van der Waals surface area (Å²) in [7, 11) is 1.70. The van der Waals surface area contributed by atoms with E-state index in [1.165, 1.54) is 5.56 Å². The van der Waals surface area contributed by atoms with Crippen LogP contribution >= 0.6 is 11.6 Å². The minimum atomic E-state index is 0.239. The van der Waals surface area contributed by atoms with E-state index < -0.39 is 0 Å². The quantitative estimate of drug-likeness (QED) is 0.825. The van der Waals surface area contributed by atoms with E-state index in [2.05, 4.69) is 34.6 Å². The van der Waals surface area contributed by atoms with E-state index in [9.17, 15) is 0 Å². The van der Waals surface area contributed by atoms with Gasteiger partial charge in [-0.1, -0.05) is 23.8 Å². The van der Waals surface area contributed by atoms with E-state index in [1.807, 2.05) is 24.5 Å². The van der Waals surface area contributed by atoms with Crippen molar-refractivity contribution >= 4 is 17.3 Å². The van der Waals surface area contributed by atoms with Gasteiger partial charge in [0.2, 0.25) is 0 Å². The van der Waals surface area contributed by atoms with E-state index in [0.29, 0.717) is 11.8 Å². The van der Waals surface area contributed by atoms with Crippen molar-refractivity contribution in [2.75, 3.05) is 12.4 Å². The number of hydrogen-bond donors (Lipinski definition) is 1. The van der Waals surface area contributed by atoms with E-state index in [4.69, 9.17) is 16.3 Å². The third kappa shape index (κ3) is 2.00. The highest BCUT2D eigenvalue weighted by atomic mass is 35.5. The van der Waals surface area contributed by atoms with Crippen LogP contribution in [-0.2, 0) is 0 Å². The third-order valence-electron chi connectivity index (χ3n) is 4.71. The first kappa shape index (κ1) is 13.6. The first-order chi connectivity index (χ1) is 10.8. The van der Waals surface area contributed by atoms with Crippen LogP contribution in [0, 0.1) is 5.92 Å². The van der Waals surface area contributed by atoms with Gasteiger partial charge in [0.05, 0.1) is 18.8 Å². The second-order valence-electron chi connectivity index (χ2n) is 5.79. The van der Waals surface area contributed by atoms with E-state index in [0.717, 1.165) is 28.4 Å². The van der Waals surface area contributed by atoms with Gasteiger partial charge >= 0.3 is 0 Å². The third-order valence-corrected chi connectivity index (χ3v) is 5.04. The van der Waals surface area contributed by atoms with Crippen LogP contribution in [0.3, 0.4) is 0 Å². The summed E-state index contributed by atoms with van der Waals surface area (Å²) in [6, 6.07) is 8.25. The number of benzene rings is 1. The Balaban J connectivity index is 1.87. The summed E-state index contributed by atoms with van der Waals surface area (Å²) in [6.45, 7) is 0. The molecule has 4 heteroatoms. The van der Waals surface area contributed by atoms with Crippen LogP contribution in [0.5, 0.6) is 5.75 Å². The summed E-state index contributed by atoms with van der Waals surface area (Å²) in [4.78, 5) is 4.13. The number of halogens is 1. The number of pyridine rings is 1. The lowest BCUT2D eigenvalue weighted by molar-refractivity contribution is 0.397. The highest BCUT2D eigenvalue weighted by molar-refractivity contribution is 6.32.